The van der Waals surface area contributed by atoms with Gasteiger partial charge < -0.3 is 10.6 Å². The molecule has 0 aliphatic rings. The maximum Gasteiger partial charge on any atom is 0.262 e. The second kappa shape index (κ2) is 8.04. The summed E-state index contributed by atoms with van der Waals surface area (Å²) in [6.45, 7) is 3.47. The Morgan fingerprint density at radius 1 is 1.15 bits per heavy atom. The van der Waals surface area contributed by atoms with Crippen molar-refractivity contribution in [2.75, 3.05) is 20.1 Å². The summed E-state index contributed by atoms with van der Waals surface area (Å²) in [7, 11) is 1.87. The molecule has 1 aromatic heterocycles. The standard InChI is InChI=1S/C15H18N2OS.ClH/c1-11-3-5-12(6-4-11)13-7-10-19-14(13)15(18)17-9-8-16-2;/h3-7,10,16H,8-9H2,1-2H3,(H,17,18);1H. The predicted octanol–water partition coefficient (Wildman–Crippen LogP) is 3.09. The fourth-order valence-corrected chi connectivity index (χ4v) is 2.66. The Morgan fingerprint density at radius 3 is 2.50 bits per heavy atom. The van der Waals surface area contributed by atoms with Crippen LogP contribution >= 0.6 is 23.7 Å². The van der Waals surface area contributed by atoms with Crippen LogP contribution < -0.4 is 10.6 Å². The molecule has 20 heavy (non-hydrogen) atoms. The Hall–Kier alpha value is -1.36. The lowest BCUT2D eigenvalue weighted by Crippen LogP contribution is -2.30. The van der Waals surface area contributed by atoms with Crippen molar-refractivity contribution in [3.63, 3.8) is 0 Å². The number of likely N-dealkylation sites (N-methyl/N-ethyl adjacent to an activating group) is 1. The molecule has 5 heteroatoms. The van der Waals surface area contributed by atoms with E-state index in [0.717, 1.165) is 22.5 Å². The van der Waals surface area contributed by atoms with E-state index in [-0.39, 0.29) is 18.3 Å². The van der Waals surface area contributed by atoms with Crippen LogP contribution in [0.1, 0.15) is 15.2 Å². The molecule has 2 N–H and O–H groups in total. The number of hydrogen-bond acceptors (Lipinski definition) is 3. The fraction of sp³-hybridized carbons (Fsp3) is 0.267. The van der Waals surface area contributed by atoms with Gasteiger partial charge in [-0.05, 0) is 31.0 Å². The quantitative estimate of drug-likeness (QED) is 0.833. The van der Waals surface area contributed by atoms with E-state index in [1.165, 1.54) is 16.9 Å². The first-order valence-electron chi connectivity index (χ1n) is 6.29. The van der Waals surface area contributed by atoms with Crippen LogP contribution in [0.5, 0.6) is 0 Å². The number of amides is 1. The molecule has 1 heterocycles. The van der Waals surface area contributed by atoms with Gasteiger partial charge in [-0.15, -0.1) is 23.7 Å². The zero-order chi connectivity index (χ0) is 13.7. The first-order valence-corrected chi connectivity index (χ1v) is 7.17. The van der Waals surface area contributed by atoms with Crippen molar-refractivity contribution in [2.24, 2.45) is 0 Å². The van der Waals surface area contributed by atoms with Crippen LogP contribution in [0.15, 0.2) is 35.7 Å². The molecule has 2 rings (SSSR count). The monoisotopic (exact) mass is 310 g/mol. The molecule has 0 bridgehead atoms. The molecular formula is C15H19ClN2OS. The molecule has 0 unspecified atom stereocenters. The average Bonchev–Trinajstić information content (AvgIpc) is 2.89. The lowest BCUT2D eigenvalue weighted by atomic mass is 10.0. The minimum Gasteiger partial charge on any atom is -0.350 e. The van der Waals surface area contributed by atoms with Gasteiger partial charge in [-0.3, -0.25) is 4.79 Å². The summed E-state index contributed by atoms with van der Waals surface area (Å²) in [4.78, 5) is 12.9. The van der Waals surface area contributed by atoms with Gasteiger partial charge >= 0.3 is 0 Å². The highest BCUT2D eigenvalue weighted by Gasteiger charge is 2.13. The first kappa shape index (κ1) is 16.7. The molecular weight excluding hydrogens is 292 g/mol. The minimum absolute atomic E-state index is 0. The molecule has 1 aromatic carbocycles. The third-order valence-corrected chi connectivity index (χ3v) is 3.81. The molecule has 2 aromatic rings. The highest BCUT2D eigenvalue weighted by molar-refractivity contribution is 7.12. The Morgan fingerprint density at radius 2 is 1.85 bits per heavy atom. The number of carbonyl (C=O) groups is 1. The van der Waals surface area contributed by atoms with Crippen LogP contribution in [0.3, 0.4) is 0 Å². The van der Waals surface area contributed by atoms with Gasteiger partial charge in [-0.25, -0.2) is 0 Å². The van der Waals surface area contributed by atoms with Crippen molar-refractivity contribution in [2.45, 2.75) is 6.92 Å². The number of carbonyl (C=O) groups excluding carboxylic acids is 1. The molecule has 3 nitrogen and oxygen atoms in total. The summed E-state index contributed by atoms with van der Waals surface area (Å²) >= 11 is 1.48. The van der Waals surface area contributed by atoms with E-state index in [0.29, 0.717) is 6.54 Å². The second-order valence-electron chi connectivity index (χ2n) is 4.39. The van der Waals surface area contributed by atoms with E-state index >= 15 is 0 Å². The lowest BCUT2D eigenvalue weighted by molar-refractivity contribution is 0.0959. The zero-order valence-corrected chi connectivity index (χ0v) is 13.2. The van der Waals surface area contributed by atoms with Crippen LogP contribution in [0.4, 0.5) is 0 Å². The molecule has 0 atom stereocenters. The van der Waals surface area contributed by atoms with E-state index in [2.05, 4.69) is 41.8 Å². The Labute approximate surface area is 129 Å². The van der Waals surface area contributed by atoms with Crippen molar-refractivity contribution >= 4 is 29.7 Å². The highest BCUT2D eigenvalue weighted by atomic mass is 35.5. The van der Waals surface area contributed by atoms with Crippen molar-refractivity contribution < 1.29 is 4.79 Å². The minimum atomic E-state index is 0. The van der Waals surface area contributed by atoms with Crippen molar-refractivity contribution in [3.05, 3.63) is 46.2 Å². The summed E-state index contributed by atoms with van der Waals surface area (Å²) < 4.78 is 0. The van der Waals surface area contributed by atoms with Crippen molar-refractivity contribution in [1.29, 1.82) is 0 Å². The molecule has 0 saturated heterocycles. The first-order chi connectivity index (χ1) is 9.22. The summed E-state index contributed by atoms with van der Waals surface area (Å²) in [5, 5.41) is 7.89. The summed E-state index contributed by atoms with van der Waals surface area (Å²) in [6, 6.07) is 10.2. The van der Waals surface area contributed by atoms with Gasteiger partial charge in [0.25, 0.3) is 5.91 Å². The van der Waals surface area contributed by atoms with Gasteiger partial charge in [-0.2, -0.15) is 0 Å². The topological polar surface area (TPSA) is 41.1 Å². The van der Waals surface area contributed by atoms with Crippen molar-refractivity contribution in [3.8, 4) is 11.1 Å². The number of thiophene rings is 1. The van der Waals surface area contributed by atoms with Gasteiger partial charge in [0.15, 0.2) is 0 Å². The summed E-state index contributed by atoms with van der Waals surface area (Å²) in [5.41, 5.74) is 3.32. The van der Waals surface area contributed by atoms with E-state index in [1.807, 2.05) is 18.5 Å². The van der Waals surface area contributed by atoms with Gasteiger partial charge in [0, 0.05) is 18.7 Å². The highest BCUT2D eigenvalue weighted by Crippen LogP contribution is 2.28. The van der Waals surface area contributed by atoms with Crippen LogP contribution in [0.2, 0.25) is 0 Å². The largest absolute Gasteiger partial charge is 0.350 e. The number of benzene rings is 1. The van der Waals surface area contributed by atoms with E-state index in [4.69, 9.17) is 0 Å². The maximum absolute atomic E-state index is 12.1. The number of aryl methyl sites for hydroxylation is 1. The third-order valence-electron chi connectivity index (χ3n) is 2.89. The fourth-order valence-electron chi connectivity index (χ4n) is 1.83. The van der Waals surface area contributed by atoms with Crippen molar-refractivity contribution in [1.82, 2.24) is 10.6 Å². The van der Waals surface area contributed by atoms with E-state index < -0.39 is 0 Å². The molecule has 0 saturated carbocycles. The van der Waals surface area contributed by atoms with Crippen LogP contribution in [-0.4, -0.2) is 26.0 Å². The molecule has 0 spiro atoms. The van der Waals surface area contributed by atoms with Gasteiger partial charge in [0.2, 0.25) is 0 Å². The Bertz CT molecular complexity index is 551. The van der Waals surface area contributed by atoms with Crippen LogP contribution in [0, 0.1) is 6.92 Å². The second-order valence-corrected chi connectivity index (χ2v) is 5.30. The maximum atomic E-state index is 12.1. The summed E-state index contributed by atoms with van der Waals surface area (Å²) in [5.74, 6) is 0.000764. The lowest BCUT2D eigenvalue weighted by Gasteiger charge is -2.06. The van der Waals surface area contributed by atoms with Crippen LogP contribution in [-0.2, 0) is 0 Å². The third kappa shape index (κ3) is 4.07. The normalized spacial score (nSPS) is 9.90. The molecule has 0 aliphatic heterocycles. The zero-order valence-electron chi connectivity index (χ0n) is 11.6. The smallest absolute Gasteiger partial charge is 0.262 e. The predicted molar refractivity (Wildman–Crippen MR) is 88.0 cm³/mol. The molecule has 0 fully saturated rings. The van der Waals surface area contributed by atoms with Gasteiger partial charge in [0.05, 0.1) is 4.88 Å². The van der Waals surface area contributed by atoms with E-state index in [9.17, 15) is 4.79 Å². The number of halogens is 1. The van der Waals surface area contributed by atoms with E-state index in [1.54, 1.807) is 0 Å². The van der Waals surface area contributed by atoms with Gasteiger partial charge in [-0.1, -0.05) is 29.8 Å². The molecule has 0 aliphatic carbocycles. The number of hydrogen-bond donors (Lipinski definition) is 2. The van der Waals surface area contributed by atoms with Gasteiger partial charge in [0.1, 0.15) is 0 Å². The SMILES string of the molecule is CNCCNC(=O)c1sccc1-c1ccc(C)cc1.Cl. The average molecular weight is 311 g/mol. The Kier molecular flexibility index (Phi) is 6.71. The number of rotatable bonds is 5. The van der Waals surface area contributed by atoms with Crippen LogP contribution in [0.25, 0.3) is 11.1 Å². The molecule has 0 radical (unpaired) electrons. The number of nitrogens with one attached hydrogen (secondary N) is 2. The Balaban J connectivity index is 0.00000200. The molecule has 1 amide bonds. The summed E-state index contributed by atoms with van der Waals surface area (Å²) in [6.07, 6.45) is 0. The molecule has 108 valence electrons.